The molecule has 1 aromatic heterocycles. The first-order chi connectivity index (χ1) is 9.10. The normalized spacial score (nSPS) is 10.7. The fourth-order valence-corrected chi connectivity index (χ4v) is 2.05. The zero-order chi connectivity index (χ0) is 13.8. The van der Waals surface area contributed by atoms with E-state index in [0.717, 1.165) is 17.0 Å². The molecule has 19 heavy (non-hydrogen) atoms. The van der Waals surface area contributed by atoms with Gasteiger partial charge in [0.15, 0.2) is 0 Å². The molecule has 0 unspecified atom stereocenters. The highest BCUT2D eigenvalue weighted by atomic mass is 32.1. The Kier molecular flexibility index (Phi) is 4.32. The Balaban J connectivity index is 2.36. The molecule has 0 aliphatic rings. The van der Waals surface area contributed by atoms with Crippen molar-refractivity contribution in [1.82, 2.24) is 4.98 Å². The van der Waals surface area contributed by atoms with Gasteiger partial charge in [0, 0.05) is 22.6 Å². The maximum atomic E-state index is 11.8. The Hall–Kier alpha value is -1.68. The smallest absolute Gasteiger partial charge is 0.252 e. The Labute approximate surface area is 118 Å². The number of pyridine rings is 1. The average Bonchev–Trinajstić information content (AvgIpc) is 2.38. The van der Waals surface area contributed by atoms with Crippen LogP contribution in [0.5, 0.6) is 5.75 Å². The van der Waals surface area contributed by atoms with Gasteiger partial charge in [-0.15, -0.1) is 0 Å². The highest BCUT2D eigenvalue weighted by molar-refractivity contribution is 7.79. The number of hydrogen-bond acceptors (Lipinski definition) is 3. The van der Waals surface area contributed by atoms with E-state index in [9.17, 15) is 4.79 Å². The van der Waals surface area contributed by atoms with Crippen LogP contribution in [0.3, 0.4) is 0 Å². The second-order valence-corrected chi connectivity index (χ2v) is 4.90. The maximum absolute atomic E-state index is 11.8. The molecule has 0 amide bonds. The summed E-state index contributed by atoms with van der Waals surface area (Å²) in [5.74, 6) is 1.23. The third kappa shape index (κ3) is 3.41. The van der Waals surface area contributed by atoms with E-state index >= 15 is 0 Å². The molecule has 3 nitrogen and oxygen atoms in total. The Morgan fingerprint density at radius 1 is 1.26 bits per heavy atom. The zero-order valence-electron chi connectivity index (χ0n) is 11.0. The van der Waals surface area contributed by atoms with E-state index in [2.05, 4.69) is 17.6 Å². The quantitative estimate of drug-likeness (QED) is 0.841. The van der Waals surface area contributed by atoms with Crippen molar-refractivity contribution in [2.24, 2.45) is 0 Å². The fourth-order valence-electron chi connectivity index (χ4n) is 1.81. The topological polar surface area (TPSA) is 42.1 Å². The van der Waals surface area contributed by atoms with Crippen LogP contribution in [0.25, 0.3) is 11.3 Å². The molecule has 0 spiro atoms. The number of thiol groups is 1. The molecule has 0 saturated carbocycles. The standard InChI is InChI=1S/C15H17NO2S/c1-10(2)18-13-5-3-4-11(8-13)14-7-6-12(9-19)15(17)16-14/h3-8,10,19H,9H2,1-2H3,(H,16,17). The first-order valence-corrected chi connectivity index (χ1v) is 6.83. The molecule has 2 aromatic rings. The van der Waals surface area contributed by atoms with Crippen molar-refractivity contribution in [1.29, 1.82) is 0 Å². The number of nitrogens with one attached hydrogen (secondary N) is 1. The molecule has 2 rings (SSSR count). The Bertz CT molecular complexity index is 620. The van der Waals surface area contributed by atoms with Crippen molar-refractivity contribution >= 4 is 12.6 Å². The number of benzene rings is 1. The van der Waals surface area contributed by atoms with Crippen LogP contribution in [0.2, 0.25) is 0 Å². The van der Waals surface area contributed by atoms with E-state index in [4.69, 9.17) is 4.74 Å². The molecular weight excluding hydrogens is 258 g/mol. The van der Waals surface area contributed by atoms with Gasteiger partial charge in [0.2, 0.25) is 0 Å². The van der Waals surface area contributed by atoms with Gasteiger partial charge < -0.3 is 9.72 Å². The van der Waals surface area contributed by atoms with Crippen LogP contribution in [0.1, 0.15) is 19.4 Å². The van der Waals surface area contributed by atoms with Crippen LogP contribution in [0.15, 0.2) is 41.2 Å². The molecule has 0 fully saturated rings. The van der Waals surface area contributed by atoms with Gasteiger partial charge in [-0.3, -0.25) is 4.79 Å². The van der Waals surface area contributed by atoms with Gasteiger partial charge in [-0.05, 0) is 32.0 Å². The van der Waals surface area contributed by atoms with Crippen molar-refractivity contribution in [2.45, 2.75) is 25.7 Å². The number of hydrogen-bond donors (Lipinski definition) is 2. The molecule has 0 atom stereocenters. The van der Waals surface area contributed by atoms with Gasteiger partial charge in [-0.1, -0.05) is 18.2 Å². The van der Waals surface area contributed by atoms with Crippen molar-refractivity contribution in [3.63, 3.8) is 0 Å². The van der Waals surface area contributed by atoms with E-state index < -0.39 is 0 Å². The van der Waals surface area contributed by atoms with Gasteiger partial charge in [0.05, 0.1) is 6.10 Å². The molecule has 100 valence electrons. The first-order valence-electron chi connectivity index (χ1n) is 6.20. The minimum absolute atomic E-state index is 0.0947. The molecule has 4 heteroatoms. The number of aromatic nitrogens is 1. The molecule has 1 aromatic carbocycles. The minimum Gasteiger partial charge on any atom is -0.491 e. The van der Waals surface area contributed by atoms with Crippen LogP contribution in [0, 0.1) is 0 Å². The second-order valence-electron chi connectivity index (χ2n) is 4.58. The lowest BCUT2D eigenvalue weighted by Gasteiger charge is -2.11. The van der Waals surface area contributed by atoms with Gasteiger partial charge in [0.1, 0.15) is 5.75 Å². The molecule has 1 N–H and O–H groups in total. The van der Waals surface area contributed by atoms with Crippen LogP contribution >= 0.6 is 12.6 Å². The number of rotatable bonds is 4. The molecule has 0 aliphatic carbocycles. The summed E-state index contributed by atoms with van der Waals surface area (Å²) < 4.78 is 5.65. The second kappa shape index (κ2) is 5.97. The van der Waals surface area contributed by atoms with Crippen molar-refractivity contribution in [3.8, 4) is 17.0 Å². The van der Waals surface area contributed by atoms with Gasteiger partial charge in [-0.2, -0.15) is 12.6 Å². The Morgan fingerprint density at radius 3 is 2.68 bits per heavy atom. The van der Waals surface area contributed by atoms with Gasteiger partial charge in [-0.25, -0.2) is 0 Å². The molecule has 0 aliphatic heterocycles. The van der Waals surface area contributed by atoms with Crippen molar-refractivity contribution in [2.75, 3.05) is 0 Å². The number of H-pyrrole nitrogens is 1. The SMILES string of the molecule is CC(C)Oc1cccc(-c2ccc(CS)c(=O)[nH]2)c1. The monoisotopic (exact) mass is 275 g/mol. The highest BCUT2D eigenvalue weighted by Crippen LogP contribution is 2.22. The van der Waals surface area contributed by atoms with Crippen LogP contribution in [-0.2, 0) is 5.75 Å². The lowest BCUT2D eigenvalue weighted by molar-refractivity contribution is 0.242. The predicted octanol–water partition coefficient (Wildman–Crippen LogP) is 3.26. The van der Waals surface area contributed by atoms with Crippen LogP contribution in [-0.4, -0.2) is 11.1 Å². The maximum Gasteiger partial charge on any atom is 0.252 e. The van der Waals surface area contributed by atoms with E-state index in [0.29, 0.717) is 11.3 Å². The Morgan fingerprint density at radius 2 is 2.05 bits per heavy atom. The summed E-state index contributed by atoms with van der Waals surface area (Å²) in [6, 6.07) is 11.4. The zero-order valence-corrected chi connectivity index (χ0v) is 11.9. The molecule has 0 bridgehead atoms. The van der Waals surface area contributed by atoms with E-state index in [1.165, 1.54) is 0 Å². The van der Waals surface area contributed by atoms with Crippen LogP contribution in [0.4, 0.5) is 0 Å². The summed E-state index contributed by atoms with van der Waals surface area (Å²) in [5.41, 5.74) is 2.29. The fraction of sp³-hybridized carbons (Fsp3) is 0.267. The van der Waals surface area contributed by atoms with Crippen LogP contribution < -0.4 is 10.3 Å². The minimum atomic E-state index is -0.0947. The van der Waals surface area contributed by atoms with Crippen molar-refractivity contribution in [3.05, 3.63) is 52.3 Å². The predicted molar refractivity (Wildman–Crippen MR) is 81.0 cm³/mol. The number of aromatic amines is 1. The molecule has 0 radical (unpaired) electrons. The lowest BCUT2D eigenvalue weighted by Crippen LogP contribution is -2.11. The summed E-state index contributed by atoms with van der Waals surface area (Å²) in [7, 11) is 0. The average molecular weight is 275 g/mol. The third-order valence-corrected chi connectivity index (χ3v) is 3.02. The van der Waals surface area contributed by atoms with E-state index in [1.807, 2.05) is 44.2 Å². The summed E-state index contributed by atoms with van der Waals surface area (Å²) >= 11 is 4.12. The molecular formula is C15H17NO2S. The van der Waals surface area contributed by atoms with E-state index in [-0.39, 0.29) is 11.7 Å². The lowest BCUT2D eigenvalue weighted by atomic mass is 10.1. The summed E-state index contributed by atoms with van der Waals surface area (Å²) in [4.78, 5) is 14.6. The third-order valence-electron chi connectivity index (χ3n) is 2.68. The molecule has 0 saturated heterocycles. The largest absolute Gasteiger partial charge is 0.491 e. The van der Waals surface area contributed by atoms with Gasteiger partial charge in [0.25, 0.3) is 5.56 Å². The summed E-state index contributed by atoms with van der Waals surface area (Å²) in [6.07, 6.45) is 0.126. The highest BCUT2D eigenvalue weighted by Gasteiger charge is 2.04. The summed E-state index contributed by atoms with van der Waals surface area (Å²) in [6.45, 7) is 3.96. The molecule has 1 heterocycles. The summed E-state index contributed by atoms with van der Waals surface area (Å²) in [5, 5.41) is 0. The van der Waals surface area contributed by atoms with Crippen molar-refractivity contribution < 1.29 is 4.74 Å². The first kappa shape index (κ1) is 13.7. The number of ether oxygens (including phenoxy) is 1. The van der Waals surface area contributed by atoms with Gasteiger partial charge >= 0.3 is 0 Å². The van der Waals surface area contributed by atoms with E-state index in [1.54, 1.807) is 6.07 Å².